The molecule has 0 radical (unpaired) electrons. The van der Waals surface area contributed by atoms with Crippen molar-refractivity contribution in [1.82, 2.24) is 20.2 Å². The van der Waals surface area contributed by atoms with Gasteiger partial charge in [0.2, 0.25) is 5.82 Å². The number of hydrogen-bond acceptors (Lipinski definition) is 3. The first-order chi connectivity index (χ1) is 7.79. The molecule has 2 rings (SSSR count). The van der Waals surface area contributed by atoms with Crippen LogP contribution >= 0.6 is 11.6 Å². The Hall–Kier alpha value is -1.68. The number of nitrogens with zero attached hydrogens (tertiary/aromatic N) is 4. The van der Waals surface area contributed by atoms with Gasteiger partial charge in [0, 0.05) is 11.4 Å². The van der Waals surface area contributed by atoms with E-state index in [9.17, 15) is 0 Å². The zero-order valence-electron chi connectivity index (χ0n) is 8.67. The zero-order valence-corrected chi connectivity index (χ0v) is 9.43. The molecule has 1 aromatic carbocycles. The third-order valence-electron chi connectivity index (χ3n) is 2.04. The van der Waals surface area contributed by atoms with Crippen LogP contribution in [0.5, 0.6) is 0 Å². The van der Waals surface area contributed by atoms with E-state index < -0.39 is 0 Å². The molecule has 0 bridgehead atoms. The highest BCUT2D eigenvalue weighted by Crippen LogP contribution is 2.12. The van der Waals surface area contributed by atoms with Crippen molar-refractivity contribution in [2.45, 2.75) is 6.54 Å². The summed E-state index contributed by atoms with van der Waals surface area (Å²) in [6.45, 7) is 4.29. The summed E-state index contributed by atoms with van der Waals surface area (Å²) in [7, 11) is 0. The van der Waals surface area contributed by atoms with Gasteiger partial charge in [-0.25, -0.2) is 0 Å². The van der Waals surface area contributed by atoms with Gasteiger partial charge in [0.05, 0.1) is 6.54 Å². The van der Waals surface area contributed by atoms with E-state index in [0.29, 0.717) is 18.2 Å². The fraction of sp³-hybridized carbons (Fsp3) is 0.182. The van der Waals surface area contributed by atoms with E-state index in [4.69, 9.17) is 11.6 Å². The minimum Gasteiger partial charge on any atom is -0.160 e. The molecule has 0 atom stereocenters. The second-order valence-corrected chi connectivity index (χ2v) is 3.66. The lowest BCUT2D eigenvalue weighted by atomic mass is 10.2. The molecule has 5 heteroatoms. The first kappa shape index (κ1) is 10.8. The fourth-order valence-corrected chi connectivity index (χ4v) is 1.34. The number of halogens is 1. The maximum atomic E-state index is 5.64. The Balaban J connectivity index is 2.17. The third-order valence-corrected chi connectivity index (χ3v) is 2.42. The normalized spacial score (nSPS) is 10.3. The van der Waals surface area contributed by atoms with Gasteiger partial charge in [0.15, 0.2) is 0 Å². The van der Waals surface area contributed by atoms with E-state index >= 15 is 0 Å². The molecule has 16 heavy (non-hydrogen) atoms. The van der Waals surface area contributed by atoms with Crippen LogP contribution in [0.15, 0.2) is 42.5 Å². The lowest BCUT2D eigenvalue weighted by Crippen LogP contribution is -2.05. The van der Waals surface area contributed by atoms with Crippen LogP contribution in [0.3, 0.4) is 0 Å². The Morgan fingerprint density at radius 3 is 2.75 bits per heavy atom. The Morgan fingerprint density at radius 2 is 2.06 bits per heavy atom. The number of allylic oxidation sites excluding steroid dienone is 1. The molecular weight excluding hydrogens is 224 g/mol. The largest absolute Gasteiger partial charge is 0.204 e. The van der Waals surface area contributed by atoms with Gasteiger partial charge in [-0.1, -0.05) is 36.9 Å². The highest BCUT2D eigenvalue weighted by molar-refractivity contribution is 6.19. The number of hydrogen-bond donors (Lipinski definition) is 0. The molecule has 0 aliphatic heterocycles. The third kappa shape index (κ3) is 2.46. The van der Waals surface area contributed by atoms with Crippen LogP contribution in [0.25, 0.3) is 11.4 Å². The SMILES string of the molecule is C=C(CCl)Cn1nnc(-c2ccccc2)n1. The summed E-state index contributed by atoms with van der Waals surface area (Å²) >= 11 is 5.64. The average Bonchev–Trinajstić information content (AvgIpc) is 2.78. The predicted octanol–water partition coefficient (Wildman–Crippen LogP) is 2.14. The summed E-state index contributed by atoms with van der Waals surface area (Å²) < 4.78 is 0. The molecule has 0 aliphatic carbocycles. The van der Waals surface area contributed by atoms with Gasteiger partial charge in [0.25, 0.3) is 0 Å². The number of rotatable bonds is 4. The second kappa shape index (κ2) is 4.90. The molecule has 2 aromatic rings. The van der Waals surface area contributed by atoms with Crippen LogP contribution in [-0.4, -0.2) is 26.1 Å². The number of alkyl halides is 1. The van der Waals surface area contributed by atoms with E-state index in [1.165, 1.54) is 4.80 Å². The zero-order chi connectivity index (χ0) is 11.4. The van der Waals surface area contributed by atoms with Crippen molar-refractivity contribution in [1.29, 1.82) is 0 Å². The lowest BCUT2D eigenvalue weighted by molar-refractivity contribution is 0.568. The summed E-state index contributed by atoms with van der Waals surface area (Å²) in [5.74, 6) is 1.02. The van der Waals surface area contributed by atoms with Crippen LogP contribution in [0.4, 0.5) is 0 Å². The second-order valence-electron chi connectivity index (χ2n) is 3.39. The highest BCUT2D eigenvalue weighted by atomic mass is 35.5. The van der Waals surface area contributed by atoms with Gasteiger partial charge in [-0.15, -0.1) is 21.8 Å². The average molecular weight is 235 g/mol. The van der Waals surface area contributed by atoms with Crippen molar-refractivity contribution in [3.63, 3.8) is 0 Å². The first-order valence-corrected chi connectivity index (χ1v) is 5.39. The molecule has 82 valence electrons. The molecule has 0 spiro atoms. The number of aromatic nitrogens is 4. The molecule has 0 fully saturated rings. The van der Waals surface area contributed by atoms with Crippen LogP contribution in [0.2, 0.25) is 0 Å². The minimum atomic E-state index is 0.405. The molecule has 0 unspecified atom stereocenters. The lowest BCUT2D eigenvalue weighted by Gasteiger charge is -1.97. The van der Waals surface area contributed by atoms with Crippen molar-refractivity contribution < 1.29 is 0 Å². The van der Waals surface area contributed by atoms with E-state index in [1.54, 1.807) is 0 Å². The Labute approximate surface area is 98.5 Å². The van der Waals surface area contributed by atoms with Crippen LogP contribution in [0, 0.1) is 0 Å². The summed E-state index contributed by atoms with van der Waals surface area (Å²) in [5, 5.41) is 12.2. The summed E-state index contributed by atoms with van der Waals surface area (Å²) in [6.07, 6.45) is 0. The molecular formula is C11H11ClN4. The van der Waals surface area contributed by atoms with Gasteiger partial charge in [-0.2, -0.15) is 4.80 Å². The van der Waals surface area contributed by atoms with Crippen LogP contribution < -0.4 is 0 Å². The monoisotopic (exact) mass is 234 g/mol. The van der Waals surface area contributed by atoms with Crippen molar-refractivity contribution in [2.24, 2.45) is 0 Å². The maximum absolute atomic E-state index is 5.64. The Bertz CT molecular complexity index is 478. The van der Waals surface area contributed by atoms with Crippen molar-refractivity contribution >= 4 is 11.6 Å². The standard InChI is InChI=1S/C11H11ClN4/c1-9(7-12)8-16-14-11(13-15-16)10-5-3-2-4-6-10/h2-6H,1,7-8H2. The Kier molecular flexibility index (Phi) is 3.31. The maximum Gasteiger partial charge on any atom is 0.204 e. The summed E-state index contributed by atoms with van der Waals surface area (Å²) in [4.78, 5) is 1.49. The molecule has 0 saturated heterocycles. The molecule has 0 aliphatic rings. The van der Waals surface area contributed by atoms with E-state index in [2.05, 4.69) is 22.0 Å². The molecule has 4 nitrogen and oxygen atoms in total. The minimum absolute atomic E-state index is 0.405. The van der Waals surface area contributed by atoms with Crippen molar-refractivity contribution in [2.75, 3.05) is 5.88 Å². The van der Waals surface area contributed by atoms with Gasteiger partial charge < -0.3 is 0 Å². The van der Waals surface area contributed by atoms with Crippen LogP contribution in [-0.2, 0) is 6.54 Å². The molecule has 0 N–H and O–H groups in total. The number of tetrazole rings is 1. The fourth-order valence-electron chi connectivity index (χ4n) is 1.26. The molecule has 1 aromatic heterocycles. The van der Waals surface area contributed by atoms with E-state index in [1.807, 2.05) is 30.3 Å². The van der Waals surface area contributed by atoms with Crippen molar-refractivity contribution in [3.05, 3.63) is 42.5 Å². The van der Waals surface area contributed by atoms with E-state index in [0.717, 1.165) is 11.1 Å². The van der Waals surface area contributed by atoms with Crippen LogP contribution in [0.1, 0.15) is 0 Å². The molecule has 0 saturated carbocycles. The Morgan fingerprint density at radius 1 is 1.31 bits per heavy atom. The van der Waals surface area contributed by atoms with Gasteiger partial charge in [-0.05, 0) is 10.8 Å². The van der Waals surface area contributed by atoms with E-state index in [-0.39, 0.29) is 0 Å². The quantitative estimate of drug-likeness (QED) is 0.601. The first-order valence-electron chi connectivity index (χ1n) is 4.85. The summed E-state index contributed by atoms with van der Waals surface area (Å²) in [5.41, 5.74) is 1.81. The van der Waals surface area contributed by atoms with Gasteiger partial charge >= 0.3 is 0 Å². The number of benzene rings is 1. The van der Waals surface area contributed by atoms with Gasteiger partial charge in [0.1, 0.15) is 0 Å². The smallest absolute Gasteiger partial charge is 0.160 e. The highest BCUT2D eigenvalue weighted by Gasteiger charge is 2.05. The molecule has 0 amide bonds. The molecule has 1 heterocycles. The predicted molar refractivity (Wildman–Crippen MR) is 63.1 cm³/mol. The topological polar surface area (TPSA) is 43.6 Å². The summed E-state index contributed by atoms with van der Waals surface area (Å²) in [6, 6.07) is 9.71. The van der Waals surface area contributed by atoms with Crippen molar-refractivity contribution in [3.8, 4) is 11.4 Å². The van der Waals surface area contributed by atoms with Gasteiger partial charge in [-0.3, -0.25) is 0 Å².